The first kappa shape index (κ1) is 20.1. The summed E-state index contributed by atoms with van der Waals surface area (Å²) in [7, 11) is 0. The van der Waals surface area contributed by atoms with Crippen molar-refractivity contribution < 1.29 is 18.0 Å². The zero-order valence-corrected chi connectivity index (χ0v) is 15.3. The highest BCUT2D eigenvalue weighted by Crippen LogP contribution is 2.35. The molecule has 1 atom stereocenters. The van der Waals surface area contributed by atoms with Crippen LogP contribution in [0.15, 0.2) is 59.5 Å². The molecule has 0 aliphatic rings. The predicted molar refractivity (Wildman–Crippen MR) is 102 cm³/mol. The molecule has 150 valence electrons. The molecule has 0 saturated carbocycles. The van der Waals surface area contributed by atoms with Crippen LogP contribution in [0.5, 0.6) is 0 Å². The molecule has 0 saturated heterocycles. The Kier molecular flexibility index (Phi) is 5.15. The molecule has 6 nitrogen and oxygen atoms in total. The monoisotopic (exact) mass is 402 g/mol. The standard InChI is InChI=1S/C20H17F3N4O2/c1-11(12-7-13(20(21,22)23)9-14(24)8-12)18-17(19(25)29)26-10-16(28)27(18)15-5-3-2-4-6-15/h2-11H,24H2,1H3,(H2,25,29). The lowest BCUT2D eigenvalue weighted by atomic mass is 9.93. The summed E-state index contributed by atoms with van der Waals surface area (Å²) in [5.41, 5.74) is 9.98. The van der Waals surface area contributed by atoms with E-state index in [-0.39, 0.29) is 22.6 Å². The van der Waals surface area contributed by atoms with Crippen LogP contribution in [0, 0.1) is 0 Å². The second kappa shape index (κ2) is 7.42. The van der Waals surface area contributed by atoms with E-state index in [0.717, 1.165) is 18.3 Å². The maximum Gasteiger partial charge on any atom is 0.416 e. The molecule has 29 heavy (non-hydrogen) atoms. The Hall–Kier alpha value is -3.62. The van der Waals surface area contributed by atoms with Crippen LogP contribution < -0.4 is 17.0 Å². The van der Waals surface area contributed by atoms with Crippen molar-refractivity contribution in [2.45, 2.75) is 19.0 Å². The van der Waals surface area contributed by atoms with Crippen LogP contribution in [0.25, 0.3) is 5.69 Å². The maximum atomic E-state index is 13.2. The number of nitrogen functional groups attached to an aromatic ring is 1. The van der Waals surface area contributed by atoms with Crippen molar-refractivity contribution >= 4 is 11.6 Å². The third-order valence-corrected chi connectivity index (χ3v) is 4.47. The number of nitrogens with zero attached hydrogens (tertiary/aromatic N) is 2. The third kappa shape index (κ3) is 3.98. The van der Waals surface area contributed by atoms with Crippen LogP contribution in [0.2, 0.25) is 0 Å². The van der Waals surface area contributed by atoms with Crippen molar-refractivity contribution in [2.24, 2.45) is 5.73 Å². The Morgan fingerprint density at radius 3 is 2.38 bits per heavy atom. The fourth-order valence-electron chi connectivity index (χ4n) is 3.15. The first-order chi connectivity index (χ1) is 13.6. The quantitative estimate of drug-likeness (QED) is 0.655. The molecule has 0 fully saturated rings. The number of aromatic nitrogens is 2. The number of nitrogens with two attached hydrogens (primary N) is 2. The van der Waals surface area contributed by atoms with Crippen molar-refractivity contribution in [1.82, 2.24) is 9.55 Å². The van der Waals surface area contributed by atoms with Gasteiger partial charge in [0.15, 0.2) is 0 Å². The van der Waals surface area contributed by atoms with Gasteiger partial charge < -0.3 is 11.5 Å². The smallest absolute Gasteiger partial charge is 0.399 e. The number of carbonyl (C=O) groups is 1. The number of halogens is 3. The van der Waals surface area contributed by atoms with E-state index in [1.165, 1.54) is 10.6 Å². The van der Waals surface area contributed by atoms with Gasteiger partial charge in [-0.3, -0.25) is 14.2 Å². The molecule has 3 aromatic rings. The van der Waals surface area contributed by atoms with E-state index >= 15 is 0 Å². The summed E-state index contributed by atoms with van der Waals surface area (Å²) in [5, 5.41) is 0. The second-order valence-electron chi connectivity index (χ2n) is 6.47. The predicted octanol–water partition coefficient (Wildman–Crippen LogP) is 3.08. The average Bonchev–Trinajstić information content (AvgIpc) is 2.66. The molecule has 0 bridgehead atoms. The normalized spacial score (nSPS) is 12.6. The first-order valence-electron chi connectivity index (χ1n) is 8.54. The summed E-state index contributed by atoms with van der Waals surface area (Å²) in [4.78, 5) is 28.4. The molecule has 0 radical (unpaired) electrons. The molecule has 0 spiro atoms. The number of amides is 1. The van der Waals surface area contributed by atoms with Gasteiger partial charge in [-0.15, -0.1) is 0 Å². The highest BCUT2D eigenvalue weighted by molar-refractivity contribution is 5.92. The minimum absolute atomic E-state index is 0.0786. The molecule has 2 aromatic carbocycles. The van der Waals surface area contributed by atoms with E-state index in [1.54, 1.807) is 37.3 Å². The lowest BCUT2D eigenvalue weighted by molar-refractivity contribution is -0.137. The number of anilines is 1. The zero-order chi connectivity index (χ0) is 21.3. The van der Waals surface area contributed by atoms with E-state index in [1.807, 2.05) is 0 Å². The van der Waals surface area contributed by atoms with Crippen molar-refractivity contribution in [2.75, 3.05) is 5.73 Å². The molecular formula is C20H17F3N4O2. The summed E-state index contributed by atoms with van der Waals surface area (Å²) in [6, 6.07) is 11.5. The van der Waals surface area contributed by atoms with E-state index in [9.17, 15) is 22.8 Å². The van der Waals surface area contributed by atoms with Gasteiger partial charge in [0.05, 0.1) is 17.5 Å². The molecule has 3 rings (SSSR count). The summed E-state index contributed by atoms with van der Waals surface area (Å²) < 4.78 is 40.9. The van der Waals surface area contributed by atoms with Gasteiger partial charge in [-0.2, -0.15) is 13.2 Å². The molecule has 1 heterocycles. The van der Waals surface area contributed by atoms with Gasteiger partial charge in [0, 0.05) is 17.3 Å². The van der Waals surface area contributed by atoms with Gasteiger partial charge in [0.1, 0.15) is 5.69 Å². The zero-order valence-electron chi connectivity index (χ0n) is 15.3. The number of alkyl halides is 3. The van der Waals surface area contributed by atoms with Crippen molar-refractivity contribution in [1.29, 1.82) is 0 Å². The van der Waals surface area contributed by atoms with Crippen LogP contribution in [-0.2, 0) is 6.18 Å². The molecular weight excluding hydrogens is 385 g/mol. The van der Waals surface area contributed by atoms with Gasteiger partial charge >= 0.3 is 6.18 Å². The molecule has 1 amide bonds. The third-order valence-electron chi connectivity index (χ3n) is 4.47. The number of para-hydroxylation sites is 1. The van der Waals surface area contributed by atoms with Crippen LogP contribution >= 0.6 is 0 Å². The Morgan fingerprint density at radius 1 is 1.14 bits per heavy atom. The molecule has 1 aromatic heterocycles. The number of carbonyl (C=O) groups excluding carboxylic acids is 1. The molecule has 0 aliphatic carbocycles. The minimum Gasteiger partial charge on any atom is -0.399 e. The van der Waals surface area contributed by atoms with Crippen LogP contribution in [0.3, 0.4) is 0 Å². The van der Waals surface area contributed by atoms with Crippen LogP contribution in [-0.4, -0.2) is 15.5 Å². The Morgan fingerprint density at radius 2 is 1.79 bits per heavy atom. The van der Waals surface area contributed by atoms with Crippen LogP contribution in [0.4, 0.5) is 18.9 Å². The van der Waals surface area contributed by atoms with Gasteiger partial charge in [-0.05, 0) is 35.9 Å². The van der Waals surface area contributed by atoms with Crippen molar-refractivity contribution in [3.05, 3.63) is 87.6 Å². The fourth-order valence-corrected chi connectivity index (χ4v) is 3.15. The van der Waals surface area contributed by atoms with E-state index in [2.05, 4.69) is 4.98 Å². The number of primary amides is 1. The molecule has 9 heteroatoms. The minimum atomic E-state index is -4.61. The van der Waals surface area contributed by atoms with Crippen LogP contribution in [0.1, 0.15) is 40.2 Å². The van der Waals surface area contributed by atoms with Crippen molar-refractivity contribution in [3.63, 3.8) is 0 Å². The maximum absolute atomic E-state index is 13.2. The lowest BCUT2D eigenvalue weighted by Crippen LogP contribution is -2.29. The van der Waals surface area contributed by atoms with Gasteiger partial charge in [-0.1, -0.05) is 25.1 Å². The summed E-state index contributed by atoms with van der Waals surface area (Å²) in [6.45, 7) is 1.55. The molecule has 0 aliphatic heterocycles. The van der Waals surface area contributed by atoms with Gasteiger partial charge in [0.2, 0.25) is 0 Å². The number of benzene rings is 2. The lowest BCUT2D eigenvalue weighted by Gasteiger charge is -2.22. The number of hydrogen-bond donors (Lipinski definition) is 2. The Labute approximate surface area is 163 Å². The van der Waals surface area contributed by atoms with Gasteiger partial charge in [-0.25, -0.2) is 4.98 Å². The van der Waals surface area contributed by atoms with E-state index in [4.69, 9.17) is 11.5 Å². The topological polar surface area (TPSA) is 104 Å². The first-order valence-corrected chi connectivity index (χ1v) is 8.54. The Balaban J connectivity index is 2.31. The summed E-state index contributed by atoms with van der Waals surface area (Å²) in [6.07, 6.45) is -3.66. The Bertz CT molecular complexity index is 1120. The summed E-state index contributed by atoms with van der Waals surface area (Å²) in [5.74, 6) is -1.75. The van der Waals surface area contributed by atoms with E-state index in [0.29, 0.717) is 5.69 Å². The van der Waals surface area contributed by atoms with Crippen molar-refractivity contribution in [3.8, 4) is 5.69 Å². The summed E-state index contributed by atoms with van der Waals surface area (Å²) >= 11 is 0. The number of rotatable bonds is 4. The largest absolute Gasteiger partial charge is 0.416 e. The fraction of sp³-hybridized carbons (Fsp3) is 0.150. The molecule has 4 N–H and O–H groups in total. The number of hydrogen-bond acceptors (Lipinski definition) is 4. The highest BCUT2D eigenvalue weighted by atomic mass is 19.4. The highest BCUT2D eigenvalue weighted by Gasteiger charge is 2.32. The SMILES string of the molecule is CC(c1cc(N)cc(C(F)(F)F)c1)c1c(C(N)=O)ncc(=O)n1-c1ccccc1. The second-order valence-corrected chi connectivity index (χ2v) is 6.47. The van der Waals surface area contributed by atoms with E-state index < -0.39 is 29.1 Å². The van der Waals surface area contributed by atoms with Gasteiger partial charge in [0.25, 0.3) is 11.5 Å². The average molecular weight is 402 g/mol. The molecule has 1 unspecified atom stereocenters.